The molecule has 2 saturated heterocycles. The van der Waals surface area contributed by atoms with Gasteiger partial charge in [-0.05, 0) is 43.9 Å². The monoisotopic (exact) mass is 442 g/mol. The normalized spacial score (nSPS) is 27.7. The van der Waals surface area contributed by atoms with E-state index in [9.17, 15) is 24.3 Å². The smallest absolute Gasteiger partial charge is 0.329 e. The summed E-state index contributed by atoms with van der Waals surface area (Å²) in [5.41, 5.74) is 0.207. The van der Waals surface area contributed by atoms with E-state index in [0.29, 0.717) is 30.9 Å². The lowest BCUT2D eigenvalue weighted by molar-refractivity contribution is -0.143. The third-order valence-electron chi connectivity index (χ3n) is 6.87. The Labute approximate surface area is 187 Å². The van der Waals surface area contributed by atoms with Crippen LogP contribution in [0.5, 0.6) is 0 Å². The van der Waals surface area contributed by atoms with Crippen LogP contribution in [0.1, 0.15) is 51.9 Å². The molecule has 32 heavy (non-hydrogen) atoms. The molecule has 1 aliphatic carbocycles. The summed E-state index contributed by atoms with van der Waals surface area (Å²) in [6, 6.07) is 5.19. The van der Waals surface area contributed by atoms with E-state index >= 15 is 0 Å². The summed E-state index contributed by atoms with van der Waals surface area (Å²) < 4.78 is 0. The molecule has 3 atom stereocenters. The lowest BCUT2D eigenvalue weighted by Crippen LogP contribution is -2.54. The summed E-state index contributed by atoms with van der Waals surface area (Å²) in [7, 11) is 0. The second-order valence-electron chi connectivity index (χ2n) is 9.08. The van der Waals surface area contributed by atoms with Crippen molar-refractivity contribution >= 4 is 35.1 Å². The third-order valence-corrected chi connectivity index (χ3v) is 6.87. The number of amides is 5. The molecule has 9 heteroatoms. The van der Waals surface area contributed by atoms with Crippen molar-refractivity contribution in [3.05, 3.63) is 24.3 Å². The Kier molecular flexibility index (Phi) is 6.19. The molecule has 3 N–H and O–H groups in total. The Morgan fingerprint density at radius 1 is 1.25 bits per heavy atom. The van der Waals surface area contributed by atoms with E-state index in [1.807, 2.05) is 0 Å². The molecule has 0 unspecified atom stereocenters. The molecule has 2 aliphatic heterocycles. The van der Waals surface area contributed by atoms with Crippen molar-refractivity contribution in [2.24, 2.45) is 5.92 Å². The topological polar surface area (TPSA) is 119 Å². The molecule has 3 aliphatic rings. The first-order valence-electron chi connectivity index (χ1n) is 11.3. The van der Waals surface area contributed by atoms with E-state index < -0.39 is 23.6 Å². The first kappa shape index (κ1) is 22.3. The quantitative estimate of drug-likeness (QED) is 0.603. The highest BCUT2D eigenvalue weighted by Gasteiger charge is 2.44. The van der Waals surface area contributed by atoms with Gasteiger partial charge >= 0.3 is 6.03 Å². The van der Waals surface area contributed by atoms with E-state index in [1.54, 1.807) is 29.2 Å². The predicted octanol–water partition coefficient (Wildman–Crippen LogP) is 2.00. The molecule has 1 aromatic carbocycles. The van der Waals surface area contributed by atoms with Crippen LogP contribution < -0.4 is 15.5 Å². The molecule has 1 aromatic rings. The molecule has 0 aromatic heterocycles. The number of nitrogens with zero attached hydrogens (tertiary/aromatic N) is 2. The van der Waals surface area contributed by atoms with Gasteiger partial charge in [-0.3, -0.25) is 14.4 Å². The van der Waals surface area contributed by atoms with Crippen molar-refractivity contribution in [3.8, 4) is 0 Å². The van der Waals surface area contributed by atoms with E-state index in [1.165, 1.54) is 6.92 Å². The number of fused-ring (bicyclic) bond motifs is 1. The first-order valence-corrected chi connectivity index (χ1v) is 11.3. The summed E-state index contributed by atoms with van der Waals surface area (Å²) in [6.45, 7) is 2.46. The lowest BCUT2D eigenvalue weighted by Gasteiger charge is -2.47. The Bertz CT molecular complexity index is 935. The lowest BCUT2D eigenvalue weighted by atomic mass is 9.71. The second kappa shape index (κ2) is 8.90. The van der Waals surface area contributed by atoms with Crippen LogP contribution in [0.25, 0.3) is 0 Å². The zero-order chi connectivity index (χ0) is 22.9. The number of hydrogen-bond donors (Lipinski definition) is 3. The molecule has 5 amide bonds. The highest BCUT2D eigenvalue weighted by atomic mass is 16.3. The largest absolute Gasteiger partial charge is 0.389 e. The van der Waals surface area contributed by atoms with Crippen LogP contribution in [-0.2, 0) is 14.4 Å². The highest BCUT2D eigenvalue weighted by Crippen LogP contribution is 2.40. The Hall–Kier alpha value is -2.94. The average molecular weight is 443 g/mol. The average Bonchev–Trinajstić information content (AvgIpc) is 3.04. The standard InChI is InChI=1S/C23H30N4O5/c1-15(28)24-17-6-4-7-18(13-17)27-21(30)19(25-22(27)31)8-9-20(29)26-12-11-23(32)10-3-2-5-16(23)14-26/h4,6-7,13,16,19,32H,2-3,5,8-12,14H2,1H3,(H,24,28)(H,25,31)/t16-,19+,23-/m0/s1. The number of imide groups is 1. The van der Waals surface area contributed by atoms with Crippen LogP contribution in [-0.4, -0.2) is 58.5 Å². The number of nitrogens with one attached hydrogen (secondary N) is 2. The molecular weight excluding hydrogens is 412 g/mol. The number of piperidine rings is 1. The molecule has 9 nitrogen and oxygen atoms in total. The van der Waals surface area contributed by atoms with Crippen LogP contribution in [0.2, 0.25) is 0 Å². The molecule has 0 radical (unpaired) electrons. The van der Waals surface area contributed by atoms with E-state index in [-0.39, 0.29) is 30.6 Å². The number of benzene rings is 1. The summed E-state index contributed by atoms with van der Waals surface area (Å²) >= 11 is 0. The maximum atomic E-state index is 12.9. The van der Waals surface area contributed by atoms with Crippen molar-refractivity contribution in [3.63, 3.8) is 0 Å². The van der Waals surface area contributed by atoms with E-state index in [0.717, 1.165) is 30.6 Å². The van der Waals surface area contributed by atoms with Gasteiger partial charge in [-0.15, -0.1) is 0 Å². The number of hydrogen-bond acceptors (Lipinski definition) is 5. The maximum Gasteiger partial charge on any atom is 0.329 e. The third kappa shape index (κ3) is 4.48. The SMILES string of the molecule is CC(=O)Nc1cccc(N2C(=O)N[C@H](CCC(=O)N3CC[C@@]4(O)CCCC[C@H]4C3)C2=O)c1. The number of likely N-dealkylation sites (tertiary alicyclic amines) is 1. The van der Waals surface area contributed by atoms with Gasteiger partial charge < -0.3 is 20.6 Å². The van der Waals surface area contributed by atoms with Crippen molar-refractivity contribution in [1.82, 2.24) is 10.2 Å². The number of rotatable bonds is 5. The van der Waals surface area contributed by atoms with Gasteiger partial charge in [0.1, 0.15) is 6.04 Å². The fourth-order valence-corrected chi connectivity index (χ4v) is 5.12. The van der Waals surface area contributed by atoms with Gasteiger partial charge in [-0.2, -0.15) is 0 Å². The summed E-state index contributed by atoms with van der Waals surface area (Å²) in [6.07, 6.45) is 4.83. The van der Waals surface area contributed by atoms with Gasteiger partial charge in [0.15, 0.2) is 0 Å². The van der Waals surface area contributed by atoms with Crippen LogP contribution in [0.3, 0.4) is 0 Å². The van der Waals surface area contributed by atoms with Crippen LogP contribution in [0.4, 0.5) is 16.2 Å². The highest BCUT2D eigenvalue weighted by molar-refractivity contribution is 6.21. The maximum absolute atomic E-state index is 12.9. The van der Waals surface area contributed by atoms with Gasteiger partial charge in [0.2, 0.25) is 11.8 Å². The fraction of sp³-hybridized carbons (Fsp3) is 0.565. The van der Waals surface area contributed by atoms with E-state index in [2.05, 4.69) is 10.6 Å². The number of anilines is 2. The molecule has 4 rings (SSSR count). The molecule has 0 bridgehead atoms. The summed E-state index contributed by atoms with van der Waals surface area (Å²) in [5.74, 6) is -0.595. The van der Waals surface area contributed by atoms with Gasteiger partial charge in [0, 0.05) is 38.0 Å². The first-order chi connectivity index (χ1) is 15.3. The van der Waals surface area contributed by atoms with Crippen molar-refractivity contribution in [1.29, 1.82) is 0 Å². The minimum absolute atomic E-state index is 0.0502. The predicted molar refractivity (Wildman–Crippen MR) is 118 cm³/mol. The van der Waals surface area contributed by atoms with Crippen LogP contribution >= 0.6 is 0 Å². The van der Waals surface area contributed by atoms with Gasteiger partial charge in [-0.25, -0.2) is 9.69 Å². The Morgan fingerprint density at radius 3 is 2.84 bits per heavy atom. The fourth-order valence-electron chi connectivity index (χ4n) is 5.12. The molecule has 172 valence electrons. The molecule has 1 saturated carbocycles. The number of carbonyl (C=O) groups excluding carboxylic acids is 4. The summed E-state index contributed by atoms with van der Waals surface area (Å²) in [4.78, 5) is 52.2. The van der Waals surface area contributed by atoms with Crippen molar-refractivity contribution in [2.45, 2.75) is 63.5 Å². The molecule has 0 spiro atoms. The van der Waals surface area contributed by atoms with Gasteiger partial charge in [0.05, 0.1) is 11.3 Å². The van der Waals surface area contributed by atoms with Crippen molar-refractivity contribution < 1.29 is 24.3 Å². The van der Waals surface area contributed by atoms with Crippen LogP contribution in [0, 0.1) is 5.92 Å². The Balaban J connectivity index is 1.35. The van der Waals surface area contributed by atoms with Gasteiger partial charge in [-0.1, -0.05) is 18.9 Å². The minimum atomic E-state index is -0.771. The number of urea groups is 1. The Morgan fingerprint density at radius 2 is 2.06 bits per heavy atom. The second-order valence-corrected chi connectivity index (χ2v) is 9.08. The number of carbonyl (C=O) groups is 4. The minimum Gasteiger partial charge on any atom is -0.389 e. The molecule has 3 fully saturated rings. The van der Waals surface area contributed by atoms with E-state index in [4.69, 9.17) is 0 Å². The molecule has 2 heterocycles. The zero-order valence-corrected chi connectivity index (χ0v) is 18.3. The van der Waals surface area contributed by atoms with Crippen molar-refractivity contribution in [2.75, 3.05) is 23.3 Å². The summed E-state index contributed by atoms with van der Waals surface area (Å²) in [5, 5.41) is 16.1. The number of aliphatic hydroxyl groups is 1. The molecular formula is C23H30N4O5. The van der Waals surface area contributed by atoms with Gasteiger partial charge in [0.25, 0.3) is 5.91 Å². The van der Waals surface area contributed by atoms with Crippen LogP contribution in [0.15, 0.2) is 24.3 Å². The zero-order valence-electron chi connectivity index (χ0n) is 18.3.